The minimum absolute atomic E-state index is 0.0889. The summed E-state index contributed by atoms with van der Waals surface area (Å²) in [6.07, 6.45) is 5.51. The molecule has 2 aromatic heterocycles. The summed E-state index contributed by atoms with van der Waals surface area (Å²) in [5.41, 5.74) is 1.75. The Kier molecular flexibility index (Phi) is 5.52. The summed E-state index contributed by atoms with van der Waals surface area (Å²) >= 11 is 1.58. The minimum Gasteiger partial charge on any atom is -0.457 e. The molecule has 0 aliphatic heterocycles. The Morgan fingerprint density at radius 3 is 2.89 bits per heavy atom. The molecule has 1 aliphatic carbocycles. The molecule has 2 heterocycles. The predicted molar refractivity (Wildman–Crippen MR) is 107 cm³/mol. The summed E-state index contributed by atoms with van der Waals surface area (Å²) in [4.78, 5) is 8.89. The van der Waals surface area contributed by atoms with Gasteiger partial charge >= 0.3 is 0 Å². The molecule has 27 heavy (non-hydrogen) atoms. The van der Waals surface area contributed by atoms with Gasteiger partial charge in [-0.1, -0.05) is 24.2 Å². The second-order valence-electron chi connectivity index (χ2n) is 6.77. The third-order valence-electron chi connectivity index (χ3n) is 4.71. The fraction of sp³-hybridized carbons (Fsp3) is 0.400. The van der Waals surface area contributed by atoms with Crippen LogP contribution in [0.15, 0.2) is 36.5 Å². The minimum atomic E-state index is -0.294. The van der Waals surface area contributed by atoms with Crippen molar-refractivity contribution in [1.82, 2.24) is 9.97 Å². The summed E-state index contributed by atoms with van der Waals surface area (Å²) in [6, 6.07) is 9.65. The molecule has 3 aromatic rings. The Balaban J connectivity index is 1.49. The Hall–Kier alpha value is -2.22. The van der Waals surface area contributed by atoms with E-state index < -0.39 is 0 Å². The highest BCUT2D eigenvalue weighted by Gasteiger charge is 2.23. The van der Waals surface area contributed by atoms with Gasteiger partial charge < -0.3 is 19.9 Å². The molecular weight excluding hydrogens is 362 g/mol. The number of aliphatic hydroxyl groups is 1. The van der Waals surface area contributed by atoms with Gasteiger partial charge in [0.2, 0.25) is 0 Å². The first-order valence-electron chi connectivity index (χ1n) is 9.18. The van der Waals surface area contributed by atoms with Gasteiger partial charge in [-0.25, -0.2) is 4.98 Å². The second-order valence-corrected chi connectivity index (χ2v) is 7.80. The number of thiazole rings is 1. The highest BCUT2D eigenvalue weighted by atomic mass is 32.1. The summed E-state index contributed by atoms with van der Waals surface area (Å²) in [7, 11) is 1.64. The van der Waals surface area contributed by atoms with Crippen LogP contribution >= 0.6 is 11.3 Å². The number of nitrogens with one attached hydrogen (secondary N) is 1. The van der Waals surface area contributed by atoms with E-state index in [1.807, 2.05) is 30.3 Å². The average Bonchev–Trinajstić information content (AvgIpc) is 3.06. The molecule has 6 nitrogen and oxygen atoms in total. The van der Waals surface area contributed by atoms with E-state index in [0.29, 0.717) is 6.61 Å². The van der Waals surface area contributed by atoms with Crippen molar-refractivity contribution in [2.45, 2.75) is 44.4 Å². The van der Waals surface area contributed by atoms with Gasteiger partial charge in [0.15, 0.2) is 5.13 Å². The van der Waals surface area contributed by atoms with Crippen LogP contribution in [0.4, 0.5) is 5.13 Å². The first-order valence-corrected chi connectivity index (χ1v) is 10.00. The van der Waals surface area contributed by atoms with Crippen molar-refractivity contribution in [2.75, 3.05) is 12.4 Å². The van der Waals surface area contributed by atoms with E-state index in [1.54, 1.807) is 24.6 Å². The fourth-order valence-electron chi connectivity index (χ4n) is 3.35. The lowest BCUT2D eigenvalue weighted by atomic mass is 9.93. The van der Waals surface area contributed by atoms with Crippen molar-refractivity contribution in [3.05, 3.63) is 42.2 Å². The largest absolute Gasteiger partial charge is 0.457 e. The highest BCUT2D eigenvalue weighted by Crippen LogP contribution is 2.33. The number of ether oxygens (including phenoxy) is 2. The molecule has 1 fully saturated rings. The van der Waals surface area contributed by atoms with Gasteiger partial charge in [-0.2, -0.15) is 0 Å². The third kappa shape index (κ3) is 4.37. The summed E-state index contributed by atoms with van der Waals surface area (Å²) in [6.45, 7) is 0.452. The van der Waals surface area contributed by atoms with Gasteiger partial charge in [-0.05, 0) is 31.0 Å². The number of pyridine rings is 1. The zero-order valence-electron chi connectivity index (χ0n) is 15.2. The maximum absolute atomic E-state index is 10.2. The molecule has 0 saturated heterocycles. The van der Waals surface area contributed by atoms with Crippen molar-refractivity contribution in [3.8, 4) is 11.5 Å². The molecule has 0 amide bonds. The van der Waals surface area contributed by atoms with Gasteiger partial charge in [-0.15, -0.1) is 0 Å². The van der Waals surface area contributed by atoms with Crippen LogP contribution in [-0.2, 0) is 11.3 Å². The topological polar surface area (TPSA) is 76.5 Å². The van der Waals surface area contributed by atoms with Crippen LogP contribution in [0, 0.1) is 0 Å². The summed E-state index contributed by atoms with van der Waals surface area (Å²) < 4.78 is 12.1. The number of fused-ring (bicyclic) bond motifs is 1. The lowest BCUT2D eigenvalue weighted by Gasteiger charge is -2.27. The molecule has 1 saturated carbocycles. The van der Waals surface area contributed by atoms with Gasteiger partial charge in [-0.3, -0.25) is 4.98 Å². The number of hydrogen-bond donors (Lipinski definition) is 2. The van der Waals surface area contributed by atoms with E-state index in [1.165, 1.54) is 0 Å². The average molecular weight is 385 g/mol. The number of hydrogen-bond acceptors (Lipinski definition) is 7. The molecule has 142 valence electrons. The lowest BCUT2D eigenvalue weighted by Crippen LogP contribution is -2.36. The van der Waals surface area contributed by atoms with E-state index in [2.05, 4.69) is 15.3 Å². The van der Waals surface area contributed by atoms with E-state index >= 15 is 0 Å². The Labute approximate surface area is 162 Å². The predicted octanol–water partition coefficient (Wildman–Crippen LogP) is 4.35. The van der Waals surface area contributed by atoms with E-state index in [0.717, 1.165) is 58.2 Å². The van der Waals surface area contributed by atoms with E-state index in [9.17, 15) is 5.11 Å². The van der Waals surface area contributed by atoms with Crippen LogP contribution in [0.2, 0.25) is 0 Å². The van der Waals surface area contributed by atoms with Gasteiger partial charge in [0.25, 0.3) is 0 Å². The van der Waals surface area contributed by atoms with E-state index in [-0.39, 0.29) is 12.1 Å². The van der Waals surface area contributed by atoms with Crippen LogP contribution in [0.1, 0.15) is 31.4 Å². The monoisotopic (exact) mass is 385 g/mol. The van der Waals surface area contributed by atoms with Crippen LogP contribution in [0.5, 0.6) is 11.5 Å². The van der Waals surface area contributed by atoms with Gasteiger partial charge in [0.05, 0.1) is 34.7 Å². The van der Waals surface area contributed by atoms with Crippen LogP contribution < -0.4 is 10.1 Å². The number of benzene rings is 1. The van der Waals surface area contributed by atoms with Crippen LogP contribution in [0.25, 0.3) is 10.2 Å². The number of anilines is 1. The SMILES string of the molecule is COCc1cc(Oc2ccc3nc(N[C@@H]4CCCC[C@H]4O)sc3c2)ccn1. The van der Waals surface area contributed by atoms with Crippen molar-refractivity contribution < 1.29 is 14.6 Å². The fourth-order valence-corrected chi connectivity index (χ4v) is 4.31. The number of nitrogens with zero attached hydrogens (tertiary/aromatic N) is 2. The summed E-state index contributed by atoms with van der Waals surface area (Å²) in [5.74, 6) is 1.48. The third-order valence-corrected chi connectivity index (χ3v) is 5.66. The van der Waals surface area contributed by atoms with Crippen LogP contribution in [0.3, 0.4) is 0 Å². The second kappa shape index (κ2) is 8.21. The normalized spacial score (nSPS) is 19.9. The number of aliphatic hydroxyl groups excluding tert-OH is 1. The zero-order valence-corrected chi connectivity index (χ0v) is 16.0. The first kappa shape index (κ1) is 18.2. The molecule has 0 spiro atoms. The zero-order chi connectivity index (χ0) is 18.6. The van der Waals surface area contributed by atoms with Crippen molar-refractivity contribution >= 4 is 26.7 Å². The molecule has 0 radical (unpaired) electrons. The standard InChI is InChI=1S/C20H23N3O3S/c1-25-12-13-10-15(8-9-21-13)26-14-6-7-17-19(11-14)27-20(23-17)22-16-4-2-3-5-18(16)24/h6-11,16,18,24H,2-5,12H2,1H3,(H,22,23)/t16-,18-/m1/s1. The Morgan fingerprint density at radius 2 is 2.04 bits per heavy atom. The smallest absolute Gasteiger partial charge is 0.184 e. The molecular formula is C20H23N3O3S. The van der Waals surface area contributed by atoms with Crippen molar-refractivity contribution in [1.29, 1.82) is 0 Å². The maximum Gasteiger partial charge on any atom is 0.184 e. The lowest BCUT2D eigenvalue weighted by molar-refractivity contribution is 0.116. The molecule has 7 heteroatoms. The maximum atomic E-state index is 10.2. The van der Waals surface area contributed by atoms with Gasteiger partial charge in [0.1, 0.15) is 11.5 Å². The molecule has 1 aliphatic rings. The molecule has 4 rings (SSSR count). The Bertz CT molecular complexity index is 914. The first-order chi connectivity index (χ1) is 13.2. The van der Waals surface area contributed by atoms with E-state index in [4.69, 9.17) is 9.47 Å². The molecule has 0 unspecified atom stereocenters. The highest BCUT2D eigenvalue weighted by molar-refractivity contribution is 7.22. The van der Waals surface area contributed by atoms with Crippen LogP contribution in [-0.4, -0.2) is 34.3 Å². The number of rotatable bonds is 6. The molecule has 2 atom stereocenters. The number of methoxy groups -OCH3 is 1. The van der Waals surface area contributed by atoms with Crippen molar-refractivity contribution in [2.24, 2.45) is 0 Å². The molecule has 2 N–H and O–H groups in total. The van der Waals surface area contributed by atoms with Crippen molar-refractivity contribution in [3.63, 3.8) is 0 Å². The molecule has 1 aromatic carbocycles. The quantitative estimate of drug-likeness (QED) is 0.657. The number of aromatic nitrogens is 2. The summed E-state index contributed by atoms with van der Waals surface area (Å²) in [5, 5.41) is 14.4. The molecule has 0 bridgehead atoms. The Morgan fingerprint density at radius 1 is 1.19 bits per heavy atom. The van der Waals surface area contributed by atoms with Gasteiger partial charge in [0, 0.05) is 25.4 Å².